The van der Waals surface area contributed by atoms with Crippen molar-refractivity contribution in [3.8, 4) is 23.0 Å². The van der Waals surface area contributed by atoms with Crippen LogP contribution in [-0.4, -0.2) is 93.6 Å². The van der Waals surface area contributed by atoms with E-state index in [9.17, 15) is 14.4 Å². The van der Waals surface area contributed by atoms with Gasteiger partial charge in [-0.2, -0.15) is 0 Å². The van der Waals surface area contributed by atoms with Gasteiger partial charge < -0.3 is 28.6 Å². The number of rotatable bonds is 12. The molecule has 0 aliphatic carbocycles. The molecule has 5 rings (SSSR count). The minimum Gasteiger partial charge on any atom is -0.493 e. The Kier molecular flexibility index (Phi) is 9.64. The molecule has 0 radical (unpaired) electrons. The number of nitrogens with zero attached hydrogens (tertiary/aromatic N) is 2. The predicted octanol–water partition coefficient (Wildman–Crippen LogP) is 3.57. The Morgan fingerprint density at radius 2 is 1.71 bits per heavy atom. The van der Waals surface area contributed by atoms with E-state index in [2.05, 4.69) is 18.7 Å². The molecule has 3 aliphatic heterocycles. The number of ether oxygens (including phenoxy) is 5. The first-order chi connectivity index (χ1) is 20.4. The number of fused-ring (bicyclic) bond motifs is 1. The molecule has 0 bridgehead atoms. The smallest absolute Gasteiger partial charge is 0.291 e. The summed E-state index contributed by atoms with van der Waals surface area (Å²) in [5, 5.41) is 0. The molecule has 3 aliphatic rings. The first kappa shape index (κ1) is 29.8. The maximum Gasteiger partial charge on any atom is 0.291 e. The van der Waals surface area contributed by atoms with E-state index >= 15 is 0 Å². The highest BCUT2D eigenvalue weighted by molar-refractivity contribution is 6.44. The topological polar surface area (TPSA) is 104 Å². The molecule has 1 amide bonds. The highest BCUT2D eigenvalue weighted by Crippen LogP contribution is 2.42. The SMILES string of the molecule is COc1cc(C2C(C(=O)c3ccc4c(c3)OCCO4)C(=O)C(=O)N2CCCN2CCOCC2)ccc1OCCC(C)C. The third kappa shape index (κ3) is 6.55. The second-order valence-electron chi connectivity index (χ2n) is 11.3. The predicted molar refractivity (Wildman–Crippen MR) is 155 cm³/mol. The van der Waals surface area contributed by atoms with Gasteiger partial charge in [0.05, 0.1) is 33.0 Å². The normalized spacial score (nSPS) is 20.7. The summed E-state index contributed by atoms with van der Waals surface area (Å²) in [6.07, 6.45) is 1.55. The van der Waals surface area contributed by atoms with Gasteiger partial charge in [0.1, 0.15) is 19.1 Å². The minimum atomic E-state index is -1.21. The molecule has 2 unspecified atom stereocenters. The molecule has 2 fully saturated rings. The average Bonchev–Trinajstić information content (AvgIpc) is 3.26. The lowest BCUT2D eigenvalue weighted by atomic mass is 9.86. The number of hydrogen-bond donors (Lipinski definition) is 0. The van der Waals surface area contributed by atoms with Crippen LogP contribution in [0.2, 0.25) is 0 Å². The lowest BCUT2D eigenvalue weighted by molar-refractivity contribution is -0.140. The molecule has 10 nitrogen and oxygen atoms in total. The molecule has 0 spiro atoms. The molecular weight excluding hydrogens is 540 g/mol. The van der Waals surface area contributed by atoms with Crippen LogP contribution in [0, 0.1) is 11.8 Å². The van der Waals surface area contributed by atoms with E-state index in [1.165, 1.54) is 0 Å². The van der Waals surface area contributed by atoms with Crippen molar-refractivity contribution in [3.05, 3.63) is 47.5 Å². The van der Waals surface area contributed by atoms with Crippen LogP contribution in [-0.2, 0) is 14.3 Å². The van der Waals surface area contributed by atoms with Crippen LogP contribution in [0.3, 0.4) is 0 Å². The average molecular weight is 581 g/mol. The number of ketones is 2. The highest BCUT2D eigenvalue weighted by Gasteiger charge is 2.51. The summed E-state index contributed by atoms with van der Waals surface area (Å²) in [7, 11) is 1.55. The zero-order chi connectivity index (χ0) is 29.6. The fraction of sp³-hybridized carbons (Fsp3) is 0.531. The zero-order valence-corrected chi connectivity index (χ0v) is 24.6. The Bertz CT molecular complexity index is 1290. The number of morpholine rings is 1. The van der Waals surface area contributed by atoms with Crippen molar-refractivity contribution >= 4 is 17.5 Å². The Morgan fingerprint density at radius 3 is 2.45 bits per heavy atom. The summed E-state index contributed by atoms with van der Waals surface area (Å²) in [5.74, 6) is -0.435. The van der Waals surface area contributed by atoms with Crippen molar-refractivity contribution in [2.45, 2.75) is 32.7 Å². The Balaban J connectivity index is 1.44. The second-order valence-corrected chi connectivity index (χ2v) is 11.3. The van der Waals surface area contributed by atoms with Gasteiger partial charge in [-0.15, -0.1) is 0 Å². The lowest BCUT2D eigenvalue weighted by Gasteiger charge is -2.30. The first-order valence-electron chi connectivity index (χ1n) is 14.8. The van der Waals surface area contributed by atoms with Gasteiger partial charge in [-0.05, 0) is 54.7 Å². The van der Waals surface area contributed by atoms with E-state index in [-0.39, 0.29) is 0 Å². The van der Waals surface area contributed by atoms with Gasteiger partial charge in [-0.1, -0.05) is 19.9 Å². The molecule has 3 heterocycles. The van der Waals surface area contributed by atoms with E-state index in [1.807, 2.05) is 6.07 Å². The number of methoxy groups -OCH3 is 1. The fourth-order valence-electron chi connectivity index (χ4n) is 5.66. The molecule has 0 aromatic heterocycles. The maximum absolute atomic E-state index is 14.0. The van der Waals surface area contributed by atoms with Gasteiger partial charge in [0.15, 0.2) is 28.8 Å². The number of hydrogen-bond acceptors (Lipinski definition) is 9. The summed E-state index contributed by atoms with van der Waals surface area (Å²) < 4.78 is 28.3. The Hall–Kier alpha value is -3.63. The molecule has 2 aromatic carbocycles. The van der Waals surface area contributed by atoms with Crippen LogP contribution < -0.4 is 18.9 Å². The van der Waals surface area contributed by atoms with Crippen LogP contribution in [0.15, 0.2) is 36.4 Å². The van der Waals surface area contributed by atoms with Crippen molar-refractivity contribution in [1.29, 1.82) is 0 Å². The van der Waals surface area contributed by atoms with E-state index in [4.69, 9.17) is 23.7 Å². The highest BCUT2D eigenvalue weighted by atomic mass is 16.6. The Labute approximate surface area is 246 Å². The van der Waals surface area contributed by atoms with Crippen LogP contribution in [0.25, 0.3) is 0 Å². The number of Topliss-reactive ketones (excluding diaryl/α,β-unsaturated/α-hetero) is 2. The number of carbonyl (C=O) groups is 3. The van der Waals surface area contributed by atoms with Crippen molar-refractivity contribution < 1.29 is 38.1 Å². The van der Waals surface area contributed by atoms with E-state index < -0.39 is 29.4 Å². The molecule has 0 N–H and O–H groups in total. The van der Waals surface area contributed by atoms with E-state index in [0.29, 0.717) is 86.0 Å². The van der Waals surface area contributed by atoms with Crippen LogP contribution >= 0.6 is 0 Å². The quantitative estimate of drug-likeness (QED) is 0.212. The molecule has 2 aromatic rings. The number of carbonyl (C=O) groups excluding carboxylic acids is 3. The van der Waals surface area contributed by atoms with Crippen LogP contribution in [0.1, 0.15) is 48.7 Å². The fourth-order valence-corrected chi connectivity index (χ4v) is 5.66. The van der Waals surface area contributed by atoms with E-state index in [0.717, 1.165) is 26.1 Å². The third-order valence-corrected chi connectivity index (χ3v) is 7.97. The van der Waals surface area contributed by atoms with Gasteiger partial charge in [-0.25, -0.2) is 0 Å². The number of benzene rings is 2. The Morgan fingerprint density at radius 1 is 0.952 bits per heavy atom. The monoisotopic (exact) mass is 580 g/mol. The second kappa shape index (κ2) is 13.6. The van der Waals surface area contributed by atoms with Crippen molar-refractivity contribution in [1.82, 2.24) is 9.80 Å². The summed E-state index contributed by atoms with van der Waals surface area (Å²) in [6, 6.07) is 9.50. The van der Waals surface area contributed by atoms with Gasteiger partial charge in [0.25, 0.3) is 5.91 Å². The first-order valence-corrected chi connectivity index (χ1v) is 14.8. The van der Waals surface area contributed by atoms with Gasteiger partial charge in [0.2, 0.25) is 5.78 Å². The zero-order valence-electron chi connectivity index (χ0n) is 24.6. The summed E-state index contributed by atoms with van der Waals surface area (Å²) in [4.78, 5) is 44.8. The number of amides is 1. The summed E-state index contributed by atoms with van der Waals surface area (Å²) >= 11 is 0. The molecule has 2 saturated heterocycles. The molecule has 2 atom stereocenters. The van der Waals surface area contributed by atoms with Crippen molar-refractivity contribution in [2.24, 2.45) is 11.8 Å². The van der Waals surface area contributed by atoms with E-state index in [1.54, 1.807) is 42.3 Å². The van der Waals surface area contributed by atoms with Crippen LogP contribution in [0.4, 0.5) is 0 Å². The number of likely N-dealkylation sites (tertiary alicyclic amines) is 1. The molecule has 0 saturated carbocycles. The third-order valence-electron chi connectivity index (χ3n) is 7.97. The summed E-state index contributed by atoms with van der Waals surface area (Å²) in [5.41, 5.74) is 0.940. The molecule has 42 heavy (non-hydrogen) atoms. The molecule has 226 valence electrons. The van der Waals surface area contributed by atoms with Gasteiger partial charge >= 0.3 is 0 Å². The molecule has 10 heteroatoms. The van der Waals surface area contributed by atoms with Crippen molar-refractivity contribution in [2.75, 3.05) is 66.3 Å². The summed E-state index contributed by atoms with van der Waals surface area (Å²) in [6.45, 7) is 9.72. The molecular formula is C32H40N2O8. The minimum absolute atomic E-state index is 0.297. The van der Waals surface area contributed by atoms with Gasteiger partial charge in [-0.3, -0.25) is 19.3 Å². The maximum atomic E-state index is 14.0. The largest absolute Gasteiger partial charge is 0.493 e. The van der Waals surface area contributed by atoms with Crippen molar-refractivity contribution in [3.63, 3.8) is 0 Å². The van der Waals surface area contributed by atoms with Gasteiger partial charge in [0, 0.05) is 31.7 Å². The van der Waals surface area contributed by atoms with Crippen LogP contribution in [0.5, 0.6) is 23.0 Å². The standard InChI is InChI=1S/C32H40N2O8/c1-21(2)9-14-40-24-7-5-22(19-26(24)38-3)29-28(30(35)23-6-8-25-27(20-23)42-18-17-41-25)31(36)32(37)34(29)11-4-10-33-12-15-39-16-13-33/h5-8,19-21,28-29H,4,9-18H2,1-3H3. The lowest BCUT2D eigenvalue weighted by Crippen LogP contribution is -2.39.